The lowest BCUT2D eigenvalue weighted by atomic mass is 9.86. The summed E-state index contributed by atoms with van der Waals surface area (Å²) in [5.74, 6) is 0.353. The van der Waals surface area contributed by atoms with Crippen LogP contribution in [-0.2, 0) is 4.79 Å². The smallest absolute Gasteiger partial charge is 0.253 e. The fourth-order valence-corrected chi connectivity index (χ4v) is 2.48. The van der Waals surface area contributed by atoms with Crippen molar-refractivity contribution in [1.29, 1.82) is 0 Å². The molecule has 1 atom stereocenters. The number of benzene rings is 1. The highest BCUT2D eigenvalue weighted by molar-refractivity contribution is 5.81. The van der Waals surface area contributed by atoms with Gasteiger partial charge < -0.3 is 15.2 Å². The van der Waals surface area contributed by atoms with Crippen LogP contribution in [0.2, 0.25) is 0 Å². The Kier molecular flexibility index (Phi) is 8.10. The van der Waals surface area contributed by atoms with E-state index in [4.69, 9.17) is 4.74 Å². The molecule has 1 aromatic carbocycles. The van der Waals surface area contributed by atoms with E-state index in [-0.39, 0.29) is 11.3 Å². The first-order valence-corrected chi connectivity index (χ1v) is 8.49. The van der Waals surface area contributed by atoms with Gasteiger partial charge in [0.15, 0.2) is 6.10 Å². The normalized spacial score (nSPS) is 12.7. The van der Waals surface area contributed by atoms with Crippen molar-refractivity contribution in [2.75, 3.05) is 13.7 Å². The van der Waals surface area contributed by atoms with E-state index in [1.165, 1.54) is 25.7 Å². The van der Waals surface area contributed by atoms with Crippen molar-refractivity contribution in [3.8, 4) is 5.75 Å². The maximum Gasteiger partial charge on any atom is 0.253 e. The molecule has 1 amide bonds. The lowest BCUT2D eigenvalue weighted by Gasteiger charge is -2.25. The number of ether oxygens (including phenoxy) is 1. The molecule has 0 saturated heterocycles. The Morgan fingerprint density at radius 2 is 1.87 bits per heavy atom. The summed E-state index contributed by atoms with van der Waals surface area (Å²) in [7, 11) is 1.58. The van der Waals surface area contributed by atoms with Crippen molar-refractivity contribution in [1.82, 2.24) is 5.32 Å². The molecule has 0 spiro atoms. The van der Waals surface area contributed by atoms with Crippen LogP contribution in [0.1, 0.15) is 64.5 Å². The van der Waals surface area contributed by atoms with Crippen molar-refractivity contribution >= 4 is 5.91 Å². The topological polar surface area (TPSA) is 58.6 Å². The van der Waals surface area contributed by atoms with Gasteiger partial charge in [0.25, 0.3) is 5.91 Å². The number of aliphatic hydroxyl groups excluding tert-OH is 1. The number of hydrogen-bond acceptors (Lipinski definition) is 3. The van der Waals surface area contributed by atoms with E-state index >= 15 is 0 Å². The Bertz CT molecular complexity index is 468. The Morgan fingerprint density at radius 1 is 1.22 bits per heavy atom. The summed E-state index contributed by atoms with van der Waals surface area (Å²) in [6.07, 6.45) is 4.84. The highest BCUT2D eigenvalue weighted by atomic mass is 16.5. The molecule has 0 bridgehead atoms. The highest BCUT2D eigenvalue weighted by Crippen LogP contribution is 2.24. The van der Waals surface area contributed by atoms with Crippen LogP contribution in [0.25, 0.3) is 0 Å². The molecule has 23 heavy (non-hydrogen) atoms. The Balaban J connectivity index is 2.44. The monoisotopic (exact) mass is 321 g/mol. The zero-order chi connectivity index (χ0) is 17.3. The van der Waals surface area contributed by atoms with Crippen LogP contribution in [0.3, 0.4) is 0 Å². The molecule has 1 aromatic rings. The fraction of sp³-hybridized carbons (Fsp3) is 0.632. The molecule has 2 N–H and O–H groups in total. The molecular weight excluding hydrogens is 290 g/mol. The predicted molar refractivity (Wildman–Crippen MR) is 93.5 cm³/mol. The van der Waals surface area contributed by atoms with E-state index in [2.05, 4.69) is 26.1 Å². The number of rotatable bonds is 10. The Hall–Kier alpha value is -1.55. The van der Waals surface area contributed by atoms with Gasteiger partial charge in [0.05, 0.1) is 7.11 Å². The second kappa shape index (κ2) is 9.56. The molecule has 0 fully saturated rings. The SMILES string of the molecule is CCCCCCC(C)(C)CNC(=O)C(O)c1ccc(OC)cc1. The predicted octanol–water partition coefficient (Wildman–Crippen LogP) is 3.84. The minimum absolute atomic E-state index is 0.0447. The van der Waals surface area contributed by atoms with Gasteiger partial charge in [-0.15, -0.1) is 0 Å². The first kappa shape index (κ1) is 19.5. The highest BCUT2D eigenvalue weighted by Gasteiger charge is 2.22. The summed E-state index contributed by atoms with van der Waals surface area (Å²) in [4.78, 5) is 12.1. The van der Waals surface area contributed by atoms with Gasteiger partial charge in [0.2, 0.25) is 0 Å². The fourth-order valence-electron chi connectivity index (χ4n) is 2.48. The van der Waals surface area contributed by atoms with Gasteiger partial charge in [-0.05, 0) is 29.5 Å². The summed E-state index contributed by atoms with van der Waals surface area (Å²) in [5.41, 5.74) is 0.618. The van der Waals surface area contributed by atoms with Gasteiger partial charge in [0, 0.05) is 6.54 Å². The van der Waals surface area contributed by atoms with Crippen molar-refractivity contribution in [3.63, 3.8) is 0 Å². The third-order valence-corrected chi connectivity index (χ3v) is 4.13. The number of amides is 1. The van der Waals surface area contributed by atoms with E-state index < -0.39 is 6.10 Å². The number of hydrogen-bond donors (Lipinski definition) is 2. The third kappa shape index (κ3) is 7.04. The first-order valence-electron chi connectivity index (χ1n) is 8.49. The van der Waals surface area contributed by atoms with Gasteiger partial charge >= 0.3 is 0 Å². The number of carbonyl (C=O) groups is 1. The zero-order valence-corrected chi connectivity index (χ0v) is 14.9. The first-order chi connectivity index (χ1) is 10.9. The van der Waals surface area contributed by atoms with Crippen LogP contribution in [0, 0.1) is 5.41 Å². The molecule has 0 heterocycles. The minimum Gasteiger partial charge on any atom is -0.497 e. The minimum atomic E-state index is -1.14. The van der Waals surface area contributed by atoms with Crippen molar-refractivity contribution in [3.05, 3.63) is 29.8 Å². The molecule has 130 valence electrons. The van der Waals surface area contributed by atoms with Gasteiger partial charge in [-0.3, -0.25) is 4.79 Å². The maximum absolute atomic E-state index is 12.1. The molecule has 0 saturated carbocycles. The van der Waals surface area contributed by atoms with Crippen LogP contribution >= 0.6 is 0 Å². The second-order valence-electron chi connectivity index (χ2n) is 6.87. The summed E-state index contributed by atoms with van der Waals surface area (Å²) in [6.45, 7) is 7.08. The second-order valence-corrected chi connectivity index (χ2v) is 6.87. The third-order valence-electron chi connectivity index (χ3n) is 4.13. The lowest BCUT2D eigenvalue weighted by molar-refractivity contribution is -0.130. The Morgan fingerprint density at radius 3 is 2.43 bits per heavy atom. The molecule has 1 rings (SSSR count). The quantitative estimate of drug-likeness (QED) is 0.644. The summed E-state index contributed by atoms with van der Waals surface area (Å²) in [5, 5.41) is 13.0. The number of aliphatic hydroxyl groups is 1. The van der Waals surface area contributed by atoms with E-state index in [1.807, 2.05) is 0 Å². The summed E-state index contributed by atoms with van der Waals surface area (Å²) in [6, 6.07) is 6.89. The van der Waals surface area contributed by atoms with Gasteiger partial charge in [0.1, 0.15) is 5.75 Å². The average molecular weight is 321 g/mol. The van der Waals surface area contributed by atoms with Crippen molar-refractivity contribution in [2.24, 2.45) is 5.41 Å². The molecule has 0 aromatic heterocycles. The van der Waals surface area contributed by atoms with E-state index in [9.17, 15) is 9.90 Å². The van der Waals surface area contributed by atoms with E-state index in [0.29, 0.717) is 17.9 Å². The molecule has 4 nitrogen and oxygen atoms in total. The summed E-state index contributed by atoms with van der Waals surface area (Å²) < 4.78 is 5.07. The van der Waals surface area contributed by atoms with Crippen LogP contribution in [-0.4, -0.2) is 24.7 Å². The molecular formula is C19H31NO3. The van der Waals surface area contributed by atoms with Gasteiger partial charge in [-0.1, -0.05) is 58.6 Å². The largest absolute Gasteiger partial charge is 0.497 e. The van der Waals surface area contributed by atoms with Crippen molar-refractivity contribution in [2.45, 2.75) is 59.0 Å². The van der Waals surface area contributed by atoms with Crippen molar-refractivity contribution < 1.29 is 14.6 Å². The number of nitrogens with one attached hydrogen (secondary N) is 1. The van der Waals surface area contributed by atoms with Crippen LogP contribution in [0.4, 0.5) is 0 Å². The van der Waals surface area contributed by atoms with Gasteiger partial charge in [-0.2, -0.15) is 0 Å². The lowest BCUT2D eigenvalue weighted by Crippen LogP contribution is -2.37. The number of unbranched alkanes of at least 4 members (excludes halogenated alkanes) is 3. The molecule has 4 heteroatoms. The molecule has 0 aliphatic rings. The molecule has 0 radical (unpaired) electrons. The Labute approximate surface area is 140 Å². The molecule has 0 aliphatic heterocycles. The van der Waals surface area contributed by atoms with E-state index in [1.54, 1.807) is 31.4 Å². The summed E-state index contributed by atoms with van der Waals surface area (Å²) >= 11 is 0. The zero-order valence-electron chi connectivity index (χ0n) is 14.9. The van der Waals surface area contributed by atoms with Crippen LogP contribution in [0.5, 0.6) is 5.75 Å². The van der Waals surface area contributed by atoms with Crippen LogP contribution in [0.15, 0.2) is 24.3 Å². The standard InChI is InChI=1S/C19H31NO3/c1-5-6-7-8-13-19(2,3)14-20-18(22)17(21)15-9-11-16(23-4)12-10-15/h9-12,17,21H,5-8,13-14H2,1-4H3,(H,20,22). The van der Waals surface area contributed by atoms with Gasteiger partial charge in [-0.25, -0.2) is 0 Å². The number of methoxy groups -OCH3 is 1. The number of carbonyl (C=O) groups excluding carboxylic acids is 1. The van der Waals surface area contributed by atoms with Crippen LogP contribution < -0.4 is 10.1 Å². The molecule has 0 aliphatic carbocycles. The average Bonchev–Trinajstić information content (AvgIpc) is 2.56. The maximum atomic E-state index is 12.1. The van der Waals surface area contributed by atoms with E-state index in [0.717, 1.165) is 6.42 Å². The molecule has 1 unspecified atom stereocenters.